The Balaban J connectivity index is 2.15. The van der Waals surface area contributed by atoms with Crippen molar-refractivity contribution in [1.82, 2.24) is 5.32 Å². The van der Waals surface area contributed by atoms with E-state index in [4.69, 9.17) is 17.3 Å². The zero-order valence-electron chi connectivity index (χ0n) is 10.9. The van der Waals surface area contributed by atoms with Gasteiger partial charge in [0, 0.05) is 15.7 Å². The van der Waals surface area contributed by atoms with Gasteiger partial charge in [0.1, 0.15) is 0 Å². The van der Waals surface area contributed by atoms with Crippen LogP contribution in [-0.4, -0.2) is 5.91 Å². The normalized spacial score (nSPS) is 11.9. The molecule has 0 aliphatic heterocycles. The third kappa shape index (κ3) is 3.32. The minimum atomic E-state index is -0.185. The molecule has 0 radical (unpaired) electrons. The highest BCUT2D eigenvalue weighted by Crippen LogP contribution is 2.24. The quantitative estimate of drug-likeness (QED) is 0.813. The third-order valence-corrected chi connectivity index (χ3v) is 4.22. The molecule has 20 heavy (non-hydrogen) atoms. The molecule has 104 valence electrons. The van der Waals surface area contributed by atoms with Crippen molar-refractivity contribution >= 4 is 39.1 Å². The number of para-hydroxylation sites is 1. The number of anilines is 1. The van der Waals surface area contributed by atoms with E-state index in [-0.39, 0.29) is 11.9 Å². The Kier molecular flexibility index (Phi) is 4.68. The number of benzene rings is 2. The van der Waals surface area contributed by atoms with Crippen LogP contribution < -0.4 is 11.1 Å². The van der Waals surface area contributed by atoms with Crippen LogP contribution in [0.1, 0.15) is 28.9 Å². The number of carbonyl (C=O) groups is 1. The predicted molar refractivity (Wildman–Crippen MR) is 85.9 cm³/mol. The van der Waals surface area contributed by atoms with Gasteiger partial charge >= 0.3 is 0 Å². The van der Waals surface area contributed by atoms with Gasteiger partial charge in [0.2, 0.25) is 0 Å². The lowest BCUT2D eigenvalue weighted by atomic mass is 10.1. The van der Waals surface area contributed by atoms with Gasteiger partial charge in [-0.3, -0.25) is 4.79 Å². The van der Waals surface area contributed by atoms with Crippen LogP contribution in [0.5, 0.6) is 0 Å². The molecule has 0 aromatic heterocycles. The monoisotopic (exact) mass is 352 g/mol. The summed E-state index contributed by atoms with van der Waals surface area (Å²) in [4.78, 5) is 12.2. The highest BCUT2D eigenvalue weighted by molar-refractivity contribution is 9.10. The molecule has 3 nitrogen and oxygen atoms in total. The zero-order chi connectivity index (χ0) is 14.7. The molecule has 0 heterocycles. The molecule has 0 bridgehead atoms. The molecule has 0 spiro atoms. The van der Waals surface area contributed by atoms with Crippen molar-refractivity contribution in [3.8, 4) is 0 Å². The molecule has 5 heteroatoms. The second-order valence-electron chi connectivity index (χ2n) is 4.45. The first-order valence-electron chi connectivity index (χ1n) is 6.09. The number of nitrogens with two attached hydrogens (primary N) is 1. The fourth-order valence-corrected chi connectivity index (χ4v) is 2.33. The molecular weight excluding hydrogens is 340 g/mol. The molecule has 0 saturated heterocycles. The first-order chi connectivity index (χ1) is 9.49. The number of carbonyl (C=O) groups excluding carboxylic acids is 1. The molecule has 2 aromatic carbocycles. The van der Waals surface area contributed by atoms with E-state index in [0.29, 0.717) is 16.3 Å². The number of hydrogen-bond donors (Lipinski definition) is 2. The first-order valence-corrected chi connectivity index (χ1v) is 7.26. The Bertz CT molecular complexity index is 646. The zero-order valence-corrected chi connectivity index (χ0v) is 13.2. The largest absolute Gasteiger partial charge is 0.398 e. The van der Waals surface area contributed by atoms with Crippen molar-refractivity contribution in [1.29, 1.82) is 0 Å². The number of amides is 1. The maximum atomic E-state index is 12.2. The van der Waals surface area contributed by atoms with Gasteiger partial charge in [0.15, 0.2) is 0 Å². The summed E-state index contributed by atoms with van der Waals surface area (Å²) in [5, 5.41) is 3.41. The second kappa shape index (κ2) is 6.29. The Hall–Kier alpha value is -1.52. The van der Waals surface area contributed by atoms with Gasteiger partial charge in [-0.2, -0.15) is 0 Å². The Morgan fingerprint density at radius 2 is 2.00 bits per heavy atom. The molecule has 2 rings (SSSR count). The third-order valence-electron chi connectivity index (χ3n) is 2.99. The minimum Gasteiger partial charge on any atom is -0.398 e. The van der Waals surface area contributed by atoms with Crippen molar-refractivity contribution < 1.29 is 4.79 Å². The molecule has 0 aliphatic rings. The topological polar surface area (TPSA) is 55.1 Å². The van der Waals surface area contributed by atoms with Crippen molar-refractivity contribution in [2.24, 2.45) is 0 Å². The lowest BCUT2D eigenvalue weighted by Crippen LogP contribution is -2.27. The molecule has 1 unspecified atom stereocenters. The van der Waals surface area contributed by atoms with E-state index in [1.54, 1.807) is 18.2 Å². The summed E-state index contributed by atoms with van der Waals surface area (Å²) in [5.41, 5.74) is 7.97. The summed E-state index contributed by atoms with van der Waals surface area (Å²) in [5.74, 6) is -0.185. The van der Waals surface area contributed by atoms with Crippen LogP contribution in [0.2, 0.25) is 5.02 Å². The first kappa shape index (κ1) is 14.9. The molecule has 1 atom stereocenters. The Labute approximate surface area is 131 Å². The van der Waals surface area contributed by atoms with E-state index >= 15 is 0 Å². The van der Waals surface area contributed by atoms with E-state index in [1.165, 1.54) is 0 Å². The lowest BCUT2D eigenvalue weighted by molar-refractivity contribution is 0.0940. The molecule has 3 N–H and O–H groups in total. The van der Waals surface area contributed by atoms with Crippen LogP contribution in [0.4, 0.5) is 5.69 Å². The van der Waals surface area contributed by atoms with Crippen molar-refractivity contribution in [3.63, 3.8) is 0 Å². The van der Waals surface area contributed by atoms with Crippen molar-refractivity contribution in [2.45, 2.75) is 13.0 Å². The maximum Gasteiger partial charge on any atom is 0.251 e. The summed E-state index contributed by atoms with van der Waals surface area (Å²) in [6, 6.07) is 12.4. The summed E-state index contributed by atoms with van der Waals surface area (Å²) in [6.45, 7) is 1.89. The van der Waals surface area contributed by atoms with Crippen molar-refractivity contribution in [3.05, 3.63) is 63.1 Å². The van der Waals surface area contributed by atoms with Gasteiger partial charge in [-0.15, -0.1) is 0 Å². The lowest BCUT2D eigenvalue weighted by Gasteiger charge is -2.16. The number of rotatable bonds is 3. The summed E-state index contributed by atoms with van der Waals surface area (Å²) in [6.07, 6.45) is 0. The molecule has 1 amide bonds. The smallest absolute Gasteiger partial charge is 0.251 e. The molecule has 0 saturated carbocycles. The summed E-state index contributed by atoms with van der Waals surface area (Å²) < 4.78 is 0.760. The van der Waals surface area contributed by atoms with Crippen LogP contribution >= 0.6 is 27.5 Å². The van der Waals surface area contributed by atoms with Crippen LogP contribution in [-0.2, 0) is 0 Å². The van der Waals surface area contributed by atoms with Crippen LogP contribution in [0.3, 0.4) is 0 Å². The van der Waals surface area contributed by atoms with Gasteiger partial charge < -0.3 is 11.1 Å². The Morgan fingerprint density at radius 1 is 1.30 bits per heavy atom. The SMILES string of the molecule is CC(NC(=O)c1ccc(Br)c(Cl)c1)c1ccccc1N. The number of halogens is 2. The molecular formula is C15H14BrClN2O. The number of nitrogens with one attached hydrogen (secondary N) is 1. The molecule has 2 aromatic rings. The van der Waals surface area contributed by atoms with E-state index in [1.807, 2.05) is 31.2 Å². The average Bonchev–Trinajstić information content (AvgIpc) is 2.42. The highest BCUT2D eigenvalue weighted by atomic mass is 79.9. The highest BCUT2D eigenvalue weighted by Gasteiger charge is 2.14. The van der Waals surface area contributed by atoms with Gasteiger partial charge in [-0.25, -0.2) is 0 Å². The standard InChI is InChI=1S/C15H14BrClN2O/c1-9(11-4-2-3-5-14(11)18)19-15(20)10-6-7-12(16)13(17)8-10/h2-9H,18H2,1H3,(H,19,20). The summed E-state index contributed by atoms with van der Waals surface area (Å²) >= 11 is 9.29. The average molecular weight is 354 g/mol. The van der Waals surface area contributed by atoms with Gasteiger partial charge in [-0.1, -0.05) is 29.8 Å². The van der Waals surface area contributed by atoms with E-state index in [9.17, 15) is 4.79 Å². The fourth-order valence-electron chi connectivity index (χ4n) is 1.90. The Morgan fingerprint density at radius 3 is 2.65 bits per heavy atom. The summed E-state index contributed by atoms with van der Waals surface area (Å²) in [7, 11) is 0. The second-order valence-corrected chi connectivity index (χ2v) is 5.71. The predicted octanol–water partition coefficient (Wildman–Crippen LogP) is 4.18. The van der Waals surface area contributed by atoms with Crippen LogP contribution in [0.15, 0.2) is 46.9 Å². The maximum absolute atomic E-state index is 12.2. The van der Waals surface area contributed by atoms with E-state index < -0.39 is 0 Å². The fraction of sp³-hybridized carbons (Fsp3) is 0.133. The van der Waals surface area contributed by atoms with E-state index in [2.05, 4.69) is 21.2 Å². The van der Waals surface area contributed by atoms with Crippen LogP contribution in [0, 0.1) is 0 Å². The number of hydrogen-bond acceptors (Lipinski definition) is 2. The van der Waals surface area contributed by atoms with Crippen LogP contribution in [0.25, 0.3) is 0 Å². The molecule has 0 fully saturated rings. The number of nitrogen functional groups attached to an aromatic ring is 1. The van der Waals surface area contributed by atoms with Crippen molar-refractivity contribution in [2.75, 3.05) is 5.73 Å². The van der Waals surface area contributed by atoms with E-state index in [0.717, 1.165) is 10.0 Å². The van der Waals surface area contributed by atoms with Gasteiger partial charge in [0.05, 0.1) is 11.1 Å². The van der Waals surface area contributed by atoms with Gasteiger partial charge in [0.25, 0.3) is 5.91 Å². The minimum absolute atomic E-state index is 0.175. The van der Waals surface area contributed by atoms with Gasteiger partial charge in [-0.05, 0) is 52.7 Å². The molecule has 0 aliphatic carbocycles.